The van der Waals surface area contributed by atoms with Crippen LogP contribution in [0.15, 0.2) is 28.7 Å². The van der Waals surface area contributed by atoms with Crippen LogP contribution in [0.2, 0.25) is 19.1 Å². The van der Waals surface area contributed by atoms with Gasteiger partial charge in [-0.2, -0.15) is 0 Å². The Balaban J connectivity index is 2.55. The summed E-state index contributed by atoms with van der Waals surface area (Å²) < 4.78 is 7.28. The lowest BCUT2D eigenvalue weighted by Gasteiger charge is -2.30. The van der Waals surface area contributed by atoms with Crippen molar-refractivity contribution in [1.29, 1.82) is 0 Å². The summed E-state index contributed by atoms with van der Waals surface area (Å²) in [6, 6.07) is 9.53. The third kappa shape index (κ3) is 6.39. The zero-order valence-corrected chi connectivity index (χ0v) is 14.1. The van der Waals surface area contributed by atoms with Gasteiger partial charge in [0.05, 0.1) is 6.61 Å². The highest BCUT2D eigenvalue weighted by Crippen LogP contribution is 2.29. The van der Waals surface area contributed by atoms with Crippen molar-refractivity contribution in [1.82, 2.24) is 0 Å². The first kappa shape index (κ1) is 14.9. The minimum absolute atomic E-state index is 0.354. The van der Waals surface area contributed by atoms with E-state index in [1.165, 1.54) is 11.6 Å². The smallest absolute Gasteiger partial charge is 0.187 e. The number of rotatable bonds is 4. The van der Waals surface area contributed by atoms with E-state index in [0.29, 0.717) is 5.41 Å². The van der Waals surface area contributed by atoms with Crippen molar-refractivity contribution in [2.24, 2.45) is 5.41 Å². The Morgan fingerprint density at radius 2 is 1.88 bits per heavy atom. The Labute approximate surface area is 115 Å². The molecule has 0 saturated carbocycles. The molecule has 0 aliphatic heterocycles. The number of hydrogen-bond acceptors (Lipinski definition) is 1. The molecule has 0 saturated heterocycles. The molecule has 1 aromatic carbocycles. The Morgan fingerprint density at radius 3 is 2.41 bits per heavy atom. The number of hydrogen-bond donors (Lipinski definition) is 0. The van der Waals surface area contributed by atoms with Gasteiger partial charge in [-0.1, -0.05) is 48.8 Å². The van der Waals surface area contributed by atoms with Crippen LogP contribution < -0.4 is 0 Å². The number of halogens is 1. The molecule has 0 amide bonds. The highest BCUT2D eigenvalue weighted by atomic mass is 79.9. The highest BCUT2D eigenvalue weighted by Gasteiger charge is 2.29. The average Bonchev–Trinajstić information content (AvgIpc) is 2.11. The van der Waals surface area contributed by atoms with E-state index in [1.54, 1.807) is 0 Å². The Bertz CT molecular complexity index is 369. The minimum Gasteiger partial charge on any atom is -0.413 e. The first-order chi connectivity index (χ1) is 7.68. The second kappa shape index (κ2) is 5.68. The van der Waals surface area contributed by atoms with Gasteiger partial charge in [0.2, 0.25) is 0 Å². The second-order valence-corrected chi connectivity index (χ2v) is 11.5. The van der Waals surface area contributed by atoms with E-state index >= 15 is 0 Å². The molecule has 0 spiro atoms. The molecule has 0 heterocycles. The van der Waals surface area contributed by atoms with Crippen LogP contribution in [0.4, 0.5) is 0 Å². The zero-order chi connectivity index (χ0) is 13.1. The normalized spacial score (nSPS) is 12.8. The third-order valence-corrected chi connectivity index (χ3v) is 5.81. The molecule has 0 bridgehead atoms. The fourth-order valence-corrected chi connectivity index (χ4v) is 5.89. The Hall–Kier alpha value is -0.123. The summed E-state index contributed by atoms with van der Waals surface area (Å²) in [7, 11) is -1.55. The van der Waals surface area contributed by atoms with E-state index < -0.39 is 8.32 Å². The molecule has 1 aromatic rings. The molecule has 1 rings (SSSR count). The van der Waals surface area contributed by atoms with Crippen LogP contribution in [-0.2, 0) is 11.0 Å². The van der Waals surface area contributed by atoms with Crippen LogP contribution in [0.5, 0.6) is 0 Å². The van der Waals surface area contributed by atoms with Gasteiger partial charge in [-0.3, -0.25) is 0 Å². The van der Waals surface area contributed by atoms with Crippen LogP contribution in [0.1, 0.15) is 26.3 Å². The van der Waals surface area contributed by atoms with E-state index in [4.69, 9.17) is 4.43 Å². The fourth-order valence-electron chi connectivity index (χ4n) is 2.23. The second-order valence-electron chi connectivity index (χ2n) is 6.42. The maximum atomic E-state index is 6.16. The molecule has 0 N–H and O–H groups in total. The average molecular weight is 315 g/mol. The molecule has 0 fully saturated rings. The molecule has 0 atom stereocenters. The quantitative estimate of drug-likeness (QED) is 0.692. The summed E-state index contributed by atoms with van der Waals surface area (Å²) in [6.45, 7) is 12.2. The molecule has 0 aliphatic carbocycles. The largest absolute Gasteiger partial charge is 0.413 e. The van der Waals surface area contributed by atoms with Crippen LogP contribution in [0.25, 0.3) is 0 Å². The van der Waals surface area contributed by atoms with Crippen molar-refractivity contribution in [3.05, 3.63) is 34.3 Å². The first-order valence-electron chi connectivity index (χ1n) is 6.06. The van der Waals surface area contributed by atoms with Gasteiger partial charge in [0.15, 0.2) is 8.32 Å². The third-order valence-electron chi connectivity index (χ3n) is 2.47. The highest BCUT2D eigenvalue weighted by molar-refractivity contribution is 9.10. The van der Waals surface area contributed by atoms with Gasteiger partial charge in [-0.15, -0.1) is 0 Å². The van der Waals surface area contributed by atoms with Gasteiger partial charge in [0, 0.05) is 4.47 Å². The summed E-state index contributed by atoms with van der Waals surface area (Å²) in [5, 5.41) is 0. The van der Waals surface area contributed by atoms with Gasteiger partial charge >= 0.3 is 0 Å². The van der Waals surface area contributed by atoms with Gasteiger partial charge < -0.3 is 4.43 Å². The van der Waals surface area contributed by atoms with Crippen molar-refractivity contribution < 1.29 is 4.43 Å². The maximum Gasteiger partial charge on any atom is 0.187 e. The maximum absolute atomic E-state index is 6.16. The topological polar surface area (TPSA) is 9.23 Å². The zero-order valence-electron chi connectivity index (χ0n) is 11.5. The minimum atomic E-state index is -1.55. The summed E-state index contributed by atoms with van der Waals surface area (Å²) in [4.78, 5) is 0. The monoisotopic (exact) mass is 314 g/mol. The number of benzene rings is 1. The summed E-state index contributed by atoms with van der Waals surface area (Å²) >= 11 is 3.49. The lowest BCUT2D eigenvalue weighted by molar-refractivity contribution is 0.280. The Kier molecular flexibility index (Phi) is 4.99. The molecule has 0 aliphatic rings. The lowest BCUT2D eigenvalue weighted by atomic mass is 10.0. The van der Waals surface area contributed by atoms with Crippen LogP contribution >= 0.6 is 15.9 Å². The Morgan fingerprint density at radius 1 is 1.24 bits per heavy atom. The summed E-state index contributed by atoms with van der Waals surface area (Å²) in [5.74, 6) is 0. The molecule has 17 heavy (non-hydrogen) atoms. The summed E-state index contributed by atoms with van der Waals surface area (Å²) in [5.41, 5.74) is 1.60. The molecule has 0 radical (unpaired) electrons. The lowest BCUT2D eigenvalue weighted by Crippen LogP contribution is -2.34. The van der Waals surface area contributed by atoms with Crippen LogP contribution in [0, 0.1) is 5.41 Å². The first-order valence-corrected chi connectivity index (χ1v) is 9.97. The summed E-state index contributed by atoms with van der Waals surface area (Å²) in [6.07, 6.45) is 0. The van der Waals surface area contributed by atoms with Gasteiger partial charge in [0.1, 0.15) is 0 Å². The SMILES string of the molecule is CC(C)(C)C[Si](C)(C)OCc1cccc(Br)c1. The van der Waals surface area contributed by atoms with Gasteiger partial charge in [-0.05, 0) is 42.2 Å². The molecule has 96 valence electrons. The molecular weight excluding hydrogens is 292 g/mol. The van der Waals surface area contributed by atoms with Crippen LogP contribution in [-0.4, -0.2) is 8.32 Å². The van der Waals surface area contributed by atoms with E-state index in [1.807, 2.05) is 6.07 Å². The van der Waals surface area contributed by atoms with E-state index in [9.17, 15) is 0 Å². The van der Waals surface area contributed by atoms with Crippen molar-refractivity contribution >= 4 is 24.2 Å². The molecule has 3 heteroatoms. The standard InChI is InChI=1S/C14H23BrOSi/c1-14(2,3)11-17(4,5)16-10-12-7-6-8-13(15)9-12/h6-9H,10-11H2,1-5H3. The van der Waals surface area contributed by atoms with Crippen molar-refractivity contribution in [3.8, 4) is 0 Å². The van der Waals surface area contributed by atoms with Gasteiger partial charge in [-0.25, -0.2) is 0 Å². The van der Waals surface area contributed by atoms with Crippen molar-refractivity contribution in [3.63, 3.8) is 0 Å². The molecule has 1 nitrogen and oxygen atoms in total. The van der Waals surface area contributed by atoms with Crippen molar-refractivity contribution in [2.45, 2.75) is 46.5 Å². The fraction of sp³-hybridized carbons (Fsp3) is 0.571. The predicted molar refractivity (Wildman–Crippen MR) is 80.7 cm³/mol. The van der Waals surface area contributed by atoms with E-state index in [0.717, 1.165) is 11.1 Å². The van der Waals surface area contributed by atoms with Gasteiger partial charge in [0.25, 0.3) is 0 Å². The van der Waals surface area contributed by atoms with Crippen LogP contribution in [0.3, 0.4) is 0 Å². The molecular formula is C14H23BrOSi. The van der Waals surface area contributed by atoms with E-state index in [2.05, 4.69) is 68.0 Å². The van der Waals surface area contributed by atoms with E-state index in [-0.39, 0.29) is 0 Å². The van der Waals surface area contributed by atoms with Crippen molar-refractivity contribution in [2.75, 3.05) is 0 Å². The molecule has 0 unspecified atom stereocenters. The molecule has 0 aromatic heterocycles. The predicted octanol–water partition coefficient (Wildman–Crippen LogP) is 5.22.